The van der Waals surface area contributed by atoms with E-state index in [0.717, 1.165) is 18.4 Å². The van der Waals surface area contributed by atoms with Crippen LogP contribution >= 0.6 is 12.4 Å². The van der Waals surface area contributed by atoms with E-state index in [4.69, 9.17) is 5.73 Å². The Hall–Kier alpha value is -2.05. The van der Waals surface area contributed by atoms with Gasteiger partial charge in [-0.2, -0.15) is 0 Å². The van der Waals surface area contributed by atoms with E-state index < -0.39 is 11.4 Å². The van der Waals surface area contributed by atoms with Gasteiger partial charge in [-0.1, -0.05) is 6.07 Å². The second-order valence-electron chi connectivity index (χ2n) is 5.11. The van der Waals surface area contributed by atoms with Crippen molar-refractivity contribution < 1.29 is 9.90 Å². The first-order chi connectivity index (χ1) is 9.95. The zero-order chi connectivity index (χ0) is 15.6. The van der Waals surface area contributed by atoms with Crippen LogP contribution in [0.3, 0.4) is 0 Å². The summed E-state index contributed by atoms with van der Waals surface area (Å²) in [5.41, 5.74) is 6.48. The average molecular weight is 326 g/mol. The molecule has 0 fully saturated rings. The Labute approximate surface area is 134 Å². The number of hydrogen-bond acceptors (Lipinski definition) is 4. The van der Waals surface area contributed by atoms with Crippen LogP contribution < -0.4 is 16.2 Å². The van der Waals surface area contributed by atoms with Crippen LogP contribution in [0.1, 0.15) is 22.3 Å². The number of nitrogens with zero attached hydrogens (tertiary/aromatic N) is 2. The lowest BCUT2D eigenvalue weighted by atomic mass is 10.0. The van der Waals surface area contributed by atoms with Crippen LogP contribution in [0.2, 0.25) is 0 Å². The van der Waals surface area contributed by atoms with E-state index in [1.165, 1.54) is 6.20 Å². The Morgan fingerprint density at radius 1 is 1.36 bits per heavy atom. The van der Waals surface area contributed by atoms with Crippen LogP contribution in [0.25, 0.3) is 10.9 Å². The normalized spacial score (nSPS) is 10.3. The molecule has 7 heteroatoms. The van der Waals surface area contributed by atoms with Gasteiger partial charge in [-0.05, 0) is 37.1 Å². The lowest BCUT2D eigenvalue weighted by Gasteiger charge is -2.20. The summed E-state index contributed by atoms with van der Waals surface area (Å²) >= 11 is 0. The summed E-state index contributed by atoms with van der Waals surface area (Å²) in [5, 5.41) is 11.3. The molecule has 0 bridgehead atoms. The van der Waals surface area contributed by atoms with E-state index in [0.29, 0.717) is 17.4 Å². The lowest BCUT2D eigenvalue weighted by molar-refractivity contribution is 0.0695. The molecule has 0 saturated carbocycles. The van der Waals surface area contributed by atoms with E-state index in [1.807, 2.05) is 12.1 Å². The Bertz CT molecular complexity index is 741. The summed E-state index contributed by atoms with van der Waals surface area (Å²) in [7, 11) is 3.58. The number of halogens is 1. The molecule has 1 aromatic heterocycles. The van der Waals surface area contributed by atoms with E-state index >= 15 is 0 Å². The molecule has 0 aliphatic rings. The quantitative estimate of drug-likeness (QED) is 0.862. The number of aromatic carboxylic acids is 1. The molecule has 1 heterocycles. The SMILES string of the molecule is CN(C)n1cc(C(=O)O)c(=O)c2cc(CCCN)ccc21.Cl. The summed E-state index contributed by atoms with van der Waals surface area (Å²) < 4.78 is 1.66. The van der Waals surface area contributed by atoms with Gasteiger partial charge < -0.3 is 15.8 Å². The van der Waals surface area contributed by atoms with Crippen LogP contribution in [-0.4, -0.2) is 36.4 Å². The first-order valence-corrected chi connectivity index (χ1v) is 6.75. The third-order valence-electron chi connectivity index (χ3n) is 3.38. The van der Waals surface area contributed by atoms with Crippen molar-refractivity contribution in [2.75, 3.05) is 25.6 Å². The van der Waals surface area contributed by atoms with E-state index in [2.05, 4.69) is 0 Å². The molecule has 0 radical (unpaired) electrons. The number of aromatic nitrogens is 1. The third-order valence-corrected chi connectivity index (χ3v) is 3.38. The minimum Gasteiger partial charge on any atom is -0.477 e. The van der Waals surface area contributed by atoms with Crippen molar-refractivity contribution >= 4 is 29.3 Å². The summed E-state index contributed by atoms with van der Waals surface area (Å²) in [6.07, 6.45) is 2.95. The minimum absolute atomic E-state index is 0. The molecule has 0 aliphatic heterocycles. The van der Waals surface area contributed by atoms with Gasteiger partial charge in [0, 0.05) is 25.7 Å². The summed E-state index contributed by atoms with van der Waals surface area (Å²) in [5.74, 6) is -1.22. The van der Waals surface area contributed by atoms with Crippen LogP contribution in [-0.2, 0) is 6.42 Å². The molecule has 0 spiro atoms. The smallest absolute Gasteiger partial charge is 0.341 e. The maximum absolute atomic E-state index is 12.3. The number of aryl methyl sites for hydroxylation is 1. The molecule has 0 atom stereocenters. The number of benzene rings is 1. The van der Waals surface area contributed by atoms with Gasteiger partial charge in [-0.15, -0.1) is 12.4 Å². The van der Waals surface area contributed by atoms with Gasteiger partial charge in [0.2, 0.25) is 5.43 Å². The van der Waals surface area contributed by atoms with Gasteiger partial charge in [0.15, 0.2) is 0 Å². The Morgan fingerprint density at radius 2 is 2.05 bits per heavy atom. The van der Waals surface area contributed by atoms with Gasteiger partial charge >= 0.3 is 5.97 Å². The minimum atomic E-state index is -1.22. The maximum atomic E-state index is 12.3. The predicted molar refractivity (Wildman–Crippen MR) is 89.9 cm³/mol. The molecule has 22 heavy (non-hydrogen) atoms. The van der Waals surface area contributed by atoms with Crippen molar-refractivity contribution in [2.24, 2.45) is 5.73 Å². The van der Waals surface area contributed by atoms with Crippen LogP contribution in [0.4, 0.5) is 0 Å². The lowest BCUT2D eigenvalue weighted by Crippen LogP contribution is -2.29. The predicted octanol–water partition coefficient (Wildman–Crippen LogP) is 1.21. The Kier molecular flexibility index (Phi) is 5.96. The molecule has 120 valence electrons. The third kappa shape index (κ3) is 3.40. The molecule has 6 nitrogen and oxygen atoms in total. The highest BCUT2D eigenvalue weighted by atomic mass is 35.5. The molecular weight excluding hydrogens is 306 g/mol. The molecule has 2 rings (SSSR count). The van der Waals surface area contributed by atoms with Crippen molar-refractivity contribution in [1.29, 1.82) is 0 Å². The average Bonchev–Trinajstić information content (AvgIpc) is 2.45. The van der Waals surface area contributed by atoms with Crippen molar-refractivity contribution in [1.82, 2.24) is 4.68 Å². The highest BCUT2D eigenvalue weighted by Gasteiger charge is 2.15. The van der Waals surface area contributed by atoms with Crippen LogP contribution in [0.5, 0.6) is 0 Å². The maximum Gasteiger partial charge on any atom is 0.341 e. The zero-order valence-corrected chi connectivity index (χ0v) is 13.4. The van der Waals surface area contributed by atoms with Crippen molar-refractivity contribution in [2.45, 2.75) is 12.8 Å². The van der Waals surface area contributed by atoms with Crippen LogP contribution in [0.15, 0.2) is 29.2 Å². The number of rotatable bonds is 5. The van der Waals surface area contributed by atoms with Crippen molar-refractivity contribution in [3.63, 3.8) is 0 Å². The summed E-state index contributed by atoms with van der Waals surface area (Å²) in [6.45, 7) is 0.579. The monoisotopic (exact) mass is 325 g/mol. The molecule has 0 saturated heterocycles. The Balaban J connectivity index is 0.00000242. The molecule has 3 N–H and O–H groups in total. The molecule has 2 aromatic rings. The number of carbonyl (C=O) groups is 1. The van der Waals surface area contributed by atoms with E-state index in [1.54, 1.807) is 29.8 Å². The topological polar surface area (TPSA) is 88.6 Å². The van der Waals surface area contributed by atoms with E-state index in [9.17, 15) is 14.7 Å². The first-order valence-electron chi connectivity index (χ1n) is 6.75. The second-order valence-corrected chi connectivity index (χ2v) is 5.11. The number of carboxylic acids is 1. The van der Waals surface area contributed by atoms with Gasteiger partial charge in [0.25, 0.3) is 0 Å². The van der Waals surface area contributed by atoms with Crippen molar-refractivity contribution in [3.8, 4) is 0 Å². The van der Waals surface area contributed by atoms with Gasteiger partial charge in [0.05, 0.1) is 5.52 Å². The number of pyridine rings is 1. The van der Waals surface area contributed by atoms with Gasteiger partial charge in [-0.25, -0.2) is 4.79 Å². The summed E-state index contributed by atoms with van der Waals surface area (Å²) in [6, 6.07) is 5.55. The fourth-order valence-corrected chi connectivity index (χ4v) is 2.31. The van der Waals surface area contributed by atoms with Crippen LogP contribution in [0, 0.1) is 0 Å². The van der Waals surface area contributed by atoms with Crippen molar-refractivity contribution in [3.05, 3.63) is 45.7 Å². The molecular formula is C15H20ClN3O3. The first kappa shape index (κ1) is 18.0. The van der Waals surface area contributed by atoms with Gasteiger partial charge in [-0.3, -0.25) is 9.47 Å². The standard InChI is InChI=1S/C15H19N3O3.ClH/c1-17(2)18-9-12(15(20)21)14(19)11-8-10(4-3-7-16)5-6-13(11)18;/h5-6,8-9H,3-4,7,16H2,1-2H3,(H,20,21);1H. The largest absolute Gasteiger partial charge is 0.477 e. The van der Waals surface area contributed by atoms with E-state index in [-0.39, 0.29) is 18.0 Å². The molecule has 0 unspecified atom stereocenters. The number of nitrogens with two attached hydrogens (primary N) is 1. The highest BCUT2D eigenvalue weighted by Crippen LogP contribution is 2.15. The van der Waals surface area contributed by atoms with Gasteiger partial charge in [0.1, 0.15) is 5.56 Å². The fourth-order valence-electron chi connectivity index (χ4n) is 2.31. The number of fused-ring (bicyclic) bond motifs is 1. The molecule has 1 aromatic carbocycles. The molecule has 0 aliphatic carbocycles. The zero-order valence-electron chi connectivity index (χ0n) is 12.6. The summed E-state index contributed by atoms with van der Waals surface area (Å²) in [4.78, 5) is 23.6. The Morgan fingerprint density at radius 3 is 2.59 bits per heavy atom. The number of carboxylic acid groups (broad SMARTS) is 1. The molecule has 0 amide bonds. The fraction of sp³-hybridized carbons (Fsp3) is 0.333. The highest BCUT2D eigenvalue weighted by molar-refractivity contribution is 5.92. The second kappa shape index (κ2) is 7.29. The number of hydrogen-bond donors (Lipinski definition) is 2.